The minimum Gasteiger partial charge on any atom is -0.489 e. The minimum absolute atomic E-state index is 0.217. The summed E-state index contributed by atoms with van der Waals surface area (Å²) < 4.78 is 10.8. The van der Waals surface area contributed by atoms with Crippen LogP contribution in [-0.4, -0.2) is 19.0 Å². The lowest BCUT2D eigenvalue weighted by Crippen LogP contribution is -2.14. The summed E-state index contributed by atoms with van der Waals surface area (Å²) in [6.07, 6.45) is 3.96. The van der Waals surface area contributed by atoms with Crippen molar-refractivity contribution in [1.82, 2.24) is 0 Å². The number of ether oxygens (including phenoxy) is 2. The number of aryl methyl sites for hydroxylation is 2. The molecule has 4 rings (SSSR count). The number of hydrogen-bond acceptors (Lipinski definition) is 6. The molecule has 2 heterocycles. The molecule has 1 aliphatic rings. The molecule has 7 heteroatoms. The van der Waals surface area contributed by atoms with Gasteiger partial charge in [-0.1, -0.05) is 17.7 Å². The van der Waals surface area contributed by atoms with Gasteiger partial charge >= 0.3 is 5.97 Å². The average molecular weight is 442 g/mol. The van der Waals surface area contributed by atoms with Crippen LogP contribution in [0.1, 0.15) is 54.4 Å². The Morgan fingerprint density at radius 1 is 1.13 bits per heavy atom. The predicted octanol–water partition coefficient (Wildman–Crippen LogP) is 5.61. The van der Waals surface area contributed by atoms with E-state index in [4.69, 9.17) is 9.47 Å². The standard InChI is InChI=1S/C23H23NO4S2/c1-14-7-9-16(10-8-14)28-12-15-11-19(29-13-15)21(25)24-22-20(23(26)27-2)17-5-3-4-6-18(17)30-22/h7-11,13H,3-6,12H2,1-2H3,(H,24,25). The van der Waals surface area contributed by atoms with Crippen molar-refractivity contribution in [2.24, 2.45) is 0 Å². The molecule has 0 spiro atoms. The number of carbonyl (C=O) groups excluding carboxylic acids is 2. The maximum absolute atomic E-state index is 12.8. The molecule has 5 nitrogen and oxygen atoms in total. The van der Waals surface area contributed by atoms with E-state index in [9.17, 15) is 9.59 Å². The van der Waals surface area contributed by atoms with Gasteiger partial charge in [0, 0.05) is 10.4 Å². The van der Waals surface area contributed by atoms with E-state index in [0.717, 1.165) is 42.6 Å². The van der Waals surface area contributed by atoms with Crippen LogP contribution in [0.5, 0.6) is 5.75 Å². The van der Waals surface area contributed by atoms with E-state index in [-0.39, 0.29) is 11.9 Å². The smallest absolute Gasteiger partial charge is 0.341 e. The molecule has 30 heavy (non-hydrogen) atoms. The second kappa shape index (κ2) is 9.02. The summed E-state index contributed by atoms with van der Waals surface area (Å²) in [5, 5.41) is 5.45. The highest BCUT2D eigenvalue weighted by atomic mass is 32.1. The molecule has 2 aromatic heterocycles. The second-order valence-corrected chi connectivity index (χ2v) is 9.30. The number of nitrogens with one attached hydrogen (secondary N) is 1. The van der Waals surface area contributed by atoms with Gasteiger partial charge in [0.1, 0.15) is 17.4 Å². The van der Waals surface area contributed by atoms with Crippen molar-refractivity contribution in [1.29, 1.82) is 0 Å². The zero-order valence-electron chi connectivity index (χ0n) is 16.9. The third kappa shape index (κ3) is 4.42. The van der Waals surface area contributed by atoms with Gasteiger partial charge in [0.15, 0.2) is 0 Å². The normalized spacial score (nSPS) is 12.9. The van der Waals surface area contributed by atoms with Crippen molar-refractivity contribution in [2.45, 2.75) is 39.2 Å². The van der Waals surface area contributed by atoms with E-state index >= 15 is 0 Å². The largest absolute Gasteiger partial charge is 0.489 e. The van der Waals surface area contributed by atoms with Crippen LogP contribution in [0.25, 0.3) is 0 Å². The molecule has 0 radical (unpaired) electrons. The van der Waals surface area contributed by atoms with E-state index in [1.54, 1.807) is 0 Å². The van der Waals surface area contributed by atoms with E-state index in [2.05, 4.69) is 5.32 Å². The van der Waals surface area contributed by atoms with Gasteiger partial charge < -0.3 is 14.8 Å². The van der Waals surface area contributed by atoms with E-state index in [1.165, 1.54) is 40.2 Å². The first kappa shape index (κ1) is 20.6. The highest BCUT2D eigenvalue weighted by Gasteiger charge is 2.27. The SMILES string of the molecule is COC(=O)c1c(NC(=O)c2cc(COc3ccc(C)cc3)cs2)sc2c1CCCC2. The molecule has 1 aliphatic carbocycles. The van der Waals surface area contributed by atoms with Crippen molar-refractivity contribution >= 4 is 39.6 Å². The Labute approximate surface area is 183 Å². The molecule has 0 fully saturated rings. The van der Waals surface area contributed by atoms with Crippen molar-refractivity contribution in [2.75, 3.05) is 12.4 Å². The number of fused-ring (bicyclic) bond motifs is 1. The van der Waals surface area contributed by atoms with Gasteiger partial charge in [0.2, 0.25) is 0 Å². The molecule has 1 amide bonds. The van der Waals surface area contributed by atoms with Crippen LogP contribution in [0.2, 0.25) is 0 Å². The van der Waals surface area contributed by atoms with Gasteiger partial charge in [0.05, 0.1) is 17.6 Å². The number of esters is 1. The quantitative estimate of drug-likeness (QED) is 0.505. The van der Waals surface area contributed by atoms with Crippen molar-refractivity contribution in [3.05, 3.63) is 67.7 Å². The summed E-state index contributed by atoms with van der Waals surface area (Å²) in [4.78, 5) is 26.9. The zero-order chi connectivity index (χ0) is 21.1. The van der Waals surface area contributed by atoms with Crippen LogP contribution in [0.4, 0.5) is 5.00 Å². The first-order valence-electron chi connectivity index (χ1n) is 9.86. The lowest BCUT2D eigenvalue weighted by Gasteiger charge is -2.11. The number of thiophene rings is 2. The number of rotatable bonds is 6. The second-order valence-electron chi connectivity index (χ2n) is 7.28. The molecule has 3 aromatic rings. The van der Waals surface area contributed by atoms with Gasteiger partial charge in [-0.25, -0.2) is 4.79 Å². The molecule has 0 saturated heterocycles. The van der Waals surface area contributed by atoms with Crippen LogP contribution < -0.4 is 10.1 Å². The molecule has 0 saturated carbocycles. The maximum atomic E-state index is 12.8. The highest BCUT2D eigenvalue weighted by Crippen LogP contribution is 2.39. The molecule has 0 atom stereocenters. The van der Waals surface area contributed by atoms with Gasteiger partial charge in [-0.2, -0.15) is 0 Å². The molecule has 0 unspecified atom stereocenters. The first-order chi connectivity index (χ1) is 14.5. The van der Waals surface area contributed by atoms with Gasteiger partial charge in [-0.05, 0) is 61.7 Å². The Bertz CT molecular complexity index is 1070. The molecule has 1 N–H and O–H groups in total. The predicted molar refractivity (Wildman–Crippen MR) is 120 cm³/mol. The summed E-state index contributed by atoms with van der Waals surface area (Å²) in [6.45, 7) is 2.43. The number of benzene rings is 1. The van der Waals surface area contributed by atoms with E-state index in [1.807, 2.05) is 42.6 Å². The fourth-order valence-corrected chi connectivity index (χ4v) is 5.57. The Morgan fingerprint density at radius 3 is 2.67 bits per heavy atom. The topological polar surface area (TPSA) is 64.6 Å². The van der Waals surface area contributed by atoms with Crippen molar-refractivity contribution in [3.8, 4) is 5.75 Å². The Balaban J connectivity index is 1.46. The number of anilines is 1. The van der Waals surface area contributed by atoms with Crippen LogP contribution in [0, 0.1) is 6.92 Å². The summed E-state index contributed by atoms with van der Waals surface area (Å²) in [5.74, 6) is 0.193. The Kier molecular flexibility index (Phi) is 6.20. The Morgan fingerprint density at radius 2 is 1.90 bits per heavy atom. The van der Waals surface area contributed by atoms with Crippen LogP contribution in [0.15, 0.2) is 35.7 Å². The van der Waals surface area contributed by atoms with Crippen molar-refractivity contribution in [3.63, 3.8) is 0 Å². The van der Waals surface area contributed by atoms with E-state index in [0.29, 0.717) is 22.0 Å². The van der Waals surface area contributed by atoms with Gasteiger partial charge in [-0.3, -0.25) is 4.79 Å². The van der Waals surface area contributed by atoms with Crippen molar-refractivity contribution < 1.29 is 19.1 Å². The fourth-order valence-electron chi connectivity index (χ4n) is 3.51. The van der Waals surface area contributed by atoms with Crippen LogP contribution in [0.3, 0.4) is 0 Å². The van der Waals surface area contributed by atoms with Crippen LogP contribution >= 0.6 is 22.7 Å². The number of hydrogen-bond donors (Lipinski definition) is 1. The summed E-state index contributed by atoms with van der Waals surface area (Å²) >= 11 is 2.86. The van der Waals surface area contributed by atoms with Crippen LogP contribution in [-0.2, 0) is 24.2 Å². The number of amides is 1. The molecule has 0 aliphatic heterocycles. The first-order valence-corrected chi connectivity index (χ1v) is 11.6. The summed E-state index contributed by atoms with van der Waals surface area (Å²) in [7, 11) is 1.38. The molecule has 156 valence electrons. The number of carbonyl (C=O) groups is 2. The summed E-state index contributed by atoms with van der Waals surface area (Å²) in [6, 6.07) is 9.70. The fraction of sp³-hybridized carbons (Fsp3) is 0.304. The maximum Gasteiger partial charge on any atom is 0.341 e. The lowest BCUT2D eigenvalue weighted by molar-refractivity contribution is 0.0601. The average Bonchev–Trinajstić information content (AvgIpc) is 3.37. The molecule has 0 bridgehead atoms. The third-order valence-electron chi connectivity index (χ3n) is 5.09. The molecule has 1 aromatic carbocycles. The van der Waals surface area contributed by atoms with E-state index < -0.39 is 0 Å². The number of methoxy groups -OCH3 is 1. The van der Waals surface area contributed by atoms with Gasteiger partial charge in [0.25, 0.3) is 5.91 Å². The zero-order valence-corrected chi connectivity index (χ0v) is 18.6. The minimum atomic E-state index is -0.386. The van der Waals surface area contributed by atoms with Gasteiger partial charge in [-0.15, -0.1) is 22.7 Å². The lowest BCUT2D eigenvalue weighted by atomic mass is 9.95. The Hall–Kier alpha value is -2.64. The molecular formula is C23H23NO4S2. The molecular weight excluding hydrogens is 418 g/mol. The highest BCUT2D eigenvalue weighted by molar-refractivity contribution is 7.17. The third-order valence-corrected chi connectivity index (χ3v) is 7.28. The summed E-state index contributed by atoms with van der Waals surface area (Å²) in [5.41, 5.74) is 3.67. The monoisotopic (exact) mass is 441 g/mol.